The first kappa shape index (κ1) is 12.9. The summed E-state index contributed by atoms with van der Waals surface area (Å²) in [6.07, 6.45) is 1.09. The molecule has 5 nitrogen and oxygen atoms in total. The molecular formula is C11H19N3O2. The molecule has 1 heterocycles. The van der Waals surface area contributed by atoms with Gasteiger partial charge in [-0.1, -0.05) is 6.92 Å². The van der Waals surface area contributed by atoms with Crippen LogP contribution in [0.25, 0.3) is 0 Å². The zero-order valence-corrected chi connectivity index (χ0v) is 9.90. The lowest BCUT2D eigenvalue weighted by atomic mass is 10.3. The second-order valence-electron chi connectivity index (χ2n) is 3.56. The summed E-state index contributed by atoms with van der Waals surface area (Å²) in [6, 6.07) is 3.31. The van der Waals surface area contributed by atoms with Crippen LogP contribution in [-0.2, 0) is 17.8 Å². The number of nitrogens with one attached hydrogen (secondary N) is 1. The molecule has 1 aromatic rings. The average Bonchev–Trinajstić information content (AvgIpc) is 2.30. The topological polar surface area (TPSA) is 56.2 Å². The Balaban J connectivity index is 2.62. The summed E-state index contributed by atoms with van der Waals surface area (Å²) in [5.41, 5.74) is 0.792. The van der Waals surface area contributed by atoms with Gasteiger partial charge in [0.1, 0.15) is 0 Å². The predicted molar refractivity (Wildman–Crippen MR) is 62.4 cm³/mol. The van der Waals surface area contributed by atoms with Crippen molar-refractivity contribution in [3.63, 3.8) is 0 Å². The third-order valence-electron chi connectivity index (χ3n) is 2.16. The first-order valence-electron chi connectivity index (χ1n) is 5.54. The normalized spacial score (nSPS) is 10.6. The van der Waals surface area contributed by atoms with E-state index in [0.717, 1.165) is 18.7 Å². The first-order chi connectivity index (χ1) is 7.77. The molecule has 0 spiro atoms. The van der Waals surface area contributed by atoms with Gasteiger partial charge in [-0.05, 0) is 19.0 Å². The van der Waals surface area contributed by atoms with E-state index in [-0.39, 0.29) is 5.56 Å². The molecule has 0 saturated heterocycles. The summed E-state index contributed by atoms with van der Waals surface area (Å²) in [5, 5.41) is 7.49. The quantitative estimate of drug-likeness (QED) is 0.682. The molecule has 0 bridgehead atoms. The molecule has 0 aliphatic heterocycles. The van der Waals surface area contributed by atoms with E-state index in [2.05, 4.69) is 17.3 Å². The molecule has 0 aromatic carbocycles. The van der Waals surface area contributed by atoms with Crippen LogP contribution >= 0.6 is 0 Å². The number of ether oxygens (including phenoxy) is 1. The lowest BCUT2D eigenvalue weighted by Crippen LogP contribution is -2.26. The molecule has 1 N–H and O–H groups in total. The van der Waals surface area contributed by atoms with Gasteiger partial charge in [0, 0.05) is 19.7 Å². The maximum atomic E-state index is 11.4. The van der Waals surface area contributed by atoms with Crippen LogP contribution in [0.2, 0.25) is 0 Å². The number of hydrogen-bond acceptors (Lipinski definition) is 4. The summed E-state index contributed by atoms with van der Waals surface area (Å²) in [5.74, 6) is 0. The number of hydrogen-bond donors (Lipinski definition) is 1. The number of methoxy groups -OCH3 is 1. The summed E-state index contributed by atoms with van der Waals surface area (Å²) in [7, 11) is 1.61. The minimum absolute atomic E-state index is 0.0868. The van der Waals surface area contributed by atoms with E-state index in [9.17, 15) is 4.79 Å². The summed E-state index contributed by atoms with van der Waals surface area (Å²) in [4.78, 5) is 11.4. The van der Waals surface area contributed by atoms with E-state index >= 15 is 0 Å². The lowest BCUT2D eigenvalue weighted by molar-refractivity contribution is 0.181. The molecule has 5 heteroatoms. The van der Waals surface area contributed by atoms with Crippen LogP contribution in [0.15, 0.2) is 16.9 Å². The smallest absolute Gasteiger partial charge is 0.266 e. The highest BCUT2D eigenvalue weighted by molar-refractivity contribution is 4.99. The van der Waals surface area contributed by atoms with Crippen molar-refractivity contribution in [1.29, 1.82) is 0 Å². The van der Waals surface area contributed by atoms with Crippen LogP contribution in [0.3, 0.4) is 0 Å². The van der Waals surface area contributed by atoms with Gasteiger partial charge in [-0.3, -0.25) is 4.79 Å². The Bertz CT molecular complexity index is 362. The Morgan fingerprint density at radius 1 is 1.50 bits per heavy atom. The van der Waals surface area contributed by atoms with E-state index in [1.165, 1.54) is 4.68 Å². The van der Waals surface area contributed by atoms with Gasteiger partial charge in [-0.15, -0.1) is 0 Å². The SMILES string of the molecule is CCCNCc1ccc(=O)n(CCOC)n1. The van der Waals surface area contributed by atoms with E-state index in [1.54, 1.807) is 19.2 Å². The van der Waals surface area contributed by atoms with Crippen LogP contribution in [0.1, 0.15) is 19.0 Å². The highest BCUT2D eigenvalue weighted by atomic mass is 16.5. The van der Waals surface area contributed by atoms with E-state index in [1.807, 2.05) is 0 Å². The number of nitrogens with zero attached hydrogens (tertiary/aromatic N) is 2. The fourth-order valence-electron chi connectivity index (χ4n) is 1.32. The number of aromatic nitrogens is 2. The van der Waals surface area contributed by atoms with Gasteiger partial charge in [-0.2, -0.15) is 5.10 Å². The monoisotopic (exact) mass is 225 g/mol. The fourth-order valence-corrected chi connectivity index (χ4v) is 1.32. The molecule has 0 unspecified atom stereocenters. The summed E-state index contributed by atoms with van der Waals surface area (Å²) >= 11 is 0. The van der Waals surface area contributed by atoms with E-state index in [4.69, 9.17) is 4.74 Å². The lowest BCUT2D eigenvalue weighted by Gasteiger charge is -2.06. The molecule has 16 heavy (non-hydrogen) atoms. The van der Waals surface area contributed by atoms with Crippen molar-refractivity contribution in [2.45, 2.75) is 26.4 Å². The van der Waals surface area contributed by atoms with Gasteiger partial charge in [0.15, 0.2) is 0 Å². The molecule has 1 aromatic heterocycles. The minimum Gasteiger partial charge on any atom is -0.383 e. The maximum Gasteiger partial charge on any atom is 0.266 e. The molecule has 0 aliphatic rings. The van der Waals surface area contributed by atoms with Crippen LogP contribution < -0.4 is 10.9 Å². The predicted octanol–water partition coefficient (Wildman–Crippen LogP) is 0.389. The van der Waals surface area contributed by atoms with Gasteiger partial charge in [0.05, 0.1) is 18.8 Å². The van der Waals surface area contributed by atoms with Crippen molar-refractivity contribution in [2.24, 2.45) is 0 Å². The van der Waals surface area contributed by atoms with Gasteiger partial charge in [-0.25, -0.2) is 4.68 Å². The van der Waals surface area contributed by atoms with Crippen molar-refractivity contribution in [1.82, 2.24) is 15.1 Å². The van der Waals surface area contributed by atoms with E-state index < -0.39 is 0 Å². The molecule has 0 aliphatic carbocycles. The Hall–Kier alpha value is -1.20. The molecular weight excluding hydrogens is 206 g/mol. The zero-order chi connectivity index (χ0) is 11.8. The van der Waals surface area contributed by atoms with Crippen molar-refractivity contribution < 1.29 is 4.74 Å². The second kappa shape index (κ2) is 7.14. The fraction of sp³-hybridized carbons (Fsp3) is 0.636. The highest BCUT2D eigenvalue weighted by Crippen LogP contribution is 1.90. The Labute approximate surface area is 95.4 Å². The Morgan fingerprint density at radius 2 is 2.31 bits per heavy atom. The Morgan fingerprint density at radius 3 is 3.00 bits per heavy atom. The standard InChI is InChI=1S/C11H19N3O2/c1-3-6-12-9-10-4-5-11(15)14(13-10)7-8-16-2/h4-5,12H,3,6-9H2,1-2H3. The minimum atomic E-state index is -0.0868. The molecule has 0 amide bonds. The second-order valence-corrected chi connectivity index (χ2v) is 3.56. The molecule has 0 fully saturated rings. The van der Waals surface area contributed by atoms with Gasteiger partial charge in [0.2, 0.25) is 0 Å². The van der Waals surface area contributed by atoms with Crippen LogP contribution in [0, 0.1) is 0 Å². The molecule has 0 atom stereocenters. The van der Waals surface area contributed by atoms with Crippen LogP contribution in [0.4, 0.5) is 0 Å². The highest BCUT2D eigenvalue weighted by Gasteiger charge is 1.99. The largest absolute Gasteiger partial charge is 0.383 e. The van der Waals surface area contributed by atoms with E-state index in [0.29, 0.717) is 19.7 Å². The van der Waals surface area contributed by atoms with Crippen molar-refractivity contribution >= 4 is 0 Å². The van der Waals surface area contributed by atoms with Crippen molar-refractivity contribution in [3.8, 4) is 0 Å². The molecule has 0 saturated carbocycles. The van der Waals surface area contributed by atoms with Gasteiger partial charge in [0.25, 0.3) is 5.56 Å². The molecule has 90 valence electrons. The average molecular weight is 225 g/mol. The Kier molecular flexibility index (Phi) is 5.74. The number of rotatable bonds is 7. The van der Waals surface area contributed by atoms with Crippen LogP contribution in [0.5, 0.6) is 0 Å². The van der Waals surface area contributed by atoms with Gasteiger partial charge >= 0.3 is 0 Å². The summed E-state index contributed by atoms with van der Waals surface area (Å²) < 4.78 is 6.36. The van der Waals surface area contributed by atoms with Gasteiger partial charge < -0.3 is 10.1 Å². The summed E-state index contributed by atoms with van der Waals surface area (Å²) in [6.45, 7) is 4.76. The van der Waals surface area contributed by atoms with Crippen molar-refractivity contribution in [3.05, 3.63) is 28.2 Å². The zero-order valence-electron chi connectivity index (χ0n) is 9.90. The third kappa shape index (κ3) is 4.12. The first-order valence-corrected chi connectivity index (χ1v) is 5.54. The van der Waals surface area contributed by atoms with Crippen molar-refractivity contribution in [2.75, 3.05) is 20.3 Å². The van der Waals surface area contributed by atoms with Crippen LogP contribution in [-0.4, -0.2) is 30.0 Å². The molecule has 1 rings (SSSR count). The third-order valence-corrected chi connectivity index (χ3v) is 2.16. The molecule has 0 radical (unpaired) electrons. The maximum absolute atomic E-state index is 11.4.